The van der Waals surface area contributed by atoms with Crippen molar-refractivity contribution in [3.05, 3.63) is 30.1 Å². The van der Waals surface area contributed by atoms with E-state index in [1.807, 2.05) is 31.2 Å². The molecule has 0 aliphatic heterocycles. The second kappa shape index (κ2) is 7.59. The van der Waals surface area contributed by atoms with E-state index in [9.17, 15) is 9.59 Å². The Kier molecular flexibility index (Phi) is 5.52. The van der Waals surface area contributed by atoms with Crippen LogP contribution in [0, 0.1) is 0 Å². The van der Waals surface area contributed by atoms with Crippen molar-refractivity contribution in [3.8, 4) is 0 Å². The number of fused-ring (bicyclic) bond motifs is 1. The number of para-hydroxylation sites is 2. The van der Waals surface area contributed by atoms with Crippen molar-refractivity contribution in [1.29, 1.82) is 0 Å². The number of ether oxygens (including phenoxy) is 1. The van der Waals surface area contributed by atoms with Crippen molar-refractivity contribution in [2.75, 3.05) is 6.61 Å². The molecule has 1 N–H and O–H groups in total. The summed E-state index contributed by atoms with van der Waals surface area (Å²) in [6, 6.07) is 7.57. The zero-order valence-corrected chi connectivity index (χ0v) is 13.0. The van der Waals surface area contributed by atoms with Crippen LogP contribution in [0.5, 0.6) is 0 Å². The molecule has 2 rings (SSSR count). The molecule has 1 heterocycles. The average molecular weight is 303 g/mol. The molecule has 0 radical (unpaired) electrons. The predicted molar refractivity (Wildman–Crippen MR) is 83.1 cm³/mol. The van der Waals surface area contributed by atoms with Gasteiger partial charge in [0.15, 0.2) is 0 Å². The van der Waals surface area contributed by atoms with Crippen LogP contribution in [0.15, 0.2) is 24.3 Å². The van der Waals surface area contributed by atoms with E-state index in [2.05, 4.69) is 10.3 Å². The van der Waals surface area contributed by atoms with Crippen LogP contribution in [0.1, 0.15) is 32.5 Å². The lowest BCUT2D eigenvalue weighted by molar-refractivity contribution is -0.143. The van der Waals surface area contributed by atoms with Gasteiger partial charge in [0.05, 0.1) is 24.2 Å². The third-order valence-corrected chi connectivity index (χ3v) is 3.25. The number of amides is 1. The molecule has 6 nitrogen and oxygen atoms in total. The van der Waals surface area contributed by atoms with Gasteiger partial charge in [-0.1, -0.05) is 19.1 Å². The molecule has 0 unspecified atom stereocenters. The molecule has 2 aromatic rings. The van der Waals surface area contributed by atoms with Crippen LogP contribution in [-0.2, 0) is 27.4 Å². The smallest absolute Gasteiger partial charge is 0.326 e. The molecule has 1 amide bonds. The highest BCUT2D eigenvalue weighted by atomic mass is 16.5. The summed E-state index contributed by atoms with van der Waals surface area (Å²) >= 11 is 0. The topological polar surface area (TPSA) is 73.2 Å². The van der Waals surface area contributed by atoms with E-state index in [1.165, 1.54) is 0 Å². The fourth-order valence-electron chi connectivity index (χ4n) is 2.27. The van der Waals surface area contributed by atoms with E-state index in [4.69, 9.17) is 4.74 Å². The summed E-state index contributed by atoms with van der Waals surface area (Å²) in [5.74, 6) is 0.322. The van der Waals surface area contributed by atoms with Gasteiger partial charge in [-0.05, 0) is 25.5 Å². The van der Waals surface area contributed by atoms with Crippen molar-refractivity contribution in [2.24, 2.45) is 0 Å². The van der Waals surface area contributed by atoms with E-state index < -0.39 is 0 Å². The maximum atomic E-state index is 11.8. The molecule has 0 atom stereocenters. The Balaban J connectivity index is 2.23. The molecular weight excluding hydrogens is 282 g/mol. The molecule has 0 aliphatic rings. The summed E-state index contributed by atoms with van der Waals surface area (Å²) in [5.41, 5.74) is 1.65. The summed E-state index contributed by atoms with van der Waals surface area (Å²) in [5, 5.41) is 2.83. The highest BCUT2D eigenvalue weighted by molar-refractivity contribution is 5.79. The van der Waals surface area contributed by atoms with Gasteiger partial charge in [-0.25, -0.2) is 4.98 Å². The van der Waals surface area contributed by atoms with Crippen LogP contribution < -0.4 is 5.32 Å². The molecule has 6 heteroatoms. The molecule has 22 heavy (non-hydrogen) atoms. The van der Waals surface area contributed by atoms with Gasteiger partial charge in [0.2, 0.25) is 5.91 Å². The second-order valence-electron chi connectivity index (χ2n) is 4.93. The lowest BCUT2D eigenvalue weighted by atomic mass is 10.3. The number of rotatable bonds is 7. The Hall–Kier alpha value is -2.37. The number of carbonyl (C=O) groups is 2. The Morgan fingerprint density at radius 2 is 2.05 bits per heavy atom. The fraction of sp³-hybridized carbons (Fsp3) is 0.438. The van der Waals surface area contributed by atoms with Gasteiger partial charge in [0.25, 0.3) is 0 Å². The summed E-state index contributed by atoms with van der Waals surface area (Å²) in [4.78, 5) is 27.9. The van der Waals surface area contributed by atoms with Crippen molar-refractivity contribution < 1.29 is 14.3 Å². The SMILES string of the molecule is CCCC(=O)NCc1nc2ccccc2n1CC(=O)OCC. The van der Waals surface area contributed by atoms with Crippen LogP contribution in [0.2, 0.25) is 0 Å². The van der Waals surface area contributed by atoms with Gasteiger partial charge in [0, 0.05) is 6.42 Å². The van der Waals surface area contributed by atoms with E-state index in [-0.39, 0.29) is 18.4 Å². The van der Waals surface area contributed by atoms with E-state index in [1.54, 1.807) is 11.5 Å². The Labute approximate surface area is 129 Å². The first-order chi connectivity index (χ1) is 10.7. The molecule has 1 aromatic heterocycles. The Bertz CT molecular complexity index is 664. The summed E-state index contributed by atoms with van der Waals surface area (Å²) in [7, 11) is 0. The number of esters is 1. The molecule has 0 bridgehead atoms. The first-order valence-corrected chi connectivity index (χ1v) is 7.52. The van der Waals surface area contributed by atoms with Crippen molar-refractivity contribution in [2.45, 2.75) is 39.8 Å². The van der Waals surface area contributed by atoms with Gasteiger partial charge in [-0.3, -0.25) is 9.59 Å². The minimum absolute atomic E-state index is 0.0164. The number of benzene rings is 1. The zero-order valence-electron chi connectivity index (χ0n) is 13.0. The van der Waals surface area contributed by atoms with Gasteiger partial charge >= 0.3 is 5.97 Å². The van der Waals surface area contributed by atoms with Crippen molar-refractivity contribution in [1.82, 2.24) is 14.9 Å². The monoisotopic (exact) mass is 303 g/mol. The second-order valence-corrected chi connectivity index (χ2v) is 4.93. The van der Waals surface area contributed by atoms with Crippen LogP contribution in [0.25, 0.3) is 11.0 Å². The predicted octanol–water partition coefficient (Wildman–Crippen LogP) is 2.02. The van der Waals surface area contributed by atoms with Crippen LogP contribution in [0.3, 0.4) is 0 Å². The van der Waals surface area contributed by atoms with Crippen molar-refractivity contribution >= 4 is 22.9 Å². The molecule has 118 valence electrons. The Morgan fingerprint density at radius 1 is 1.27 bits per heavy atom. The molecule has 0 saturated carbocycles. The summed E-state index contributed by atoms with van der Waals surface area (Å²) in [6.45, 7) is 4.46. The van der Waals surface area contributed by atoms with Gasteiger partial charge < -0.3 is 14.6 Å². The summed E-state index contributed by atoms with van der Waals surface area (Å²) < 4.78 is 6.80. The average Bonchev–Trinajstić information content (AvgIpc) is 2.84. The third kappa shape index (κ3) is 3.84. The number of aromatic nitrogens is 2. The minimum atomic E-state index is -0.313. The summed E-state index contributed by atoms with van der Waals surface area (Å²) in [6.07, 6.45) is 1.28. The lowest BCUT2D eigenvalue weighted by Gasteiger charge is -2.09. The first-order valence-electron chi connectivity index (χ1n) is 7.52. The highest BCUT2D eigenvalue weighted by Gasteiger charge is 2.14. The minimum Gasteiger partial charge on any atom is -0.465 e. The standard InChI is InChI=1S/C16H21N3O3/c1-3-7-15(20)17-10-14-18-12-8-5-6-9-13(12)19(14)11-16(21)22-4-2/h5-6,8-9H,3-4,7,10-11H2,1-2H3,(H,17,20). The number of nitrogens with one attached hydrogen (secondary N) is 1. The van der Waals surface area contributed by atoms with Gasteiger partial charge in [-0.2, -0.15) is 0 Å². The van der Waals surface area contributed by atoms with Crippen LogP contribution >= 0.6 is 0 Å². The van der Waals surface area contributed by atoms with Crippen molar-refractivity contribution in [3.63, 3.8) is 0 Å². The number of hydrogen-bond donors (Lipinski definition) is 1. The zero-order chi connectivity index (χ0) is 15.9. The quantitative estimate of drug-likeness (QED) is 0.794. The Morgan fingerprint density at radius 3 is 2.77 bits per heavy atom. The van der Waals surface area contributed by atoms with E-state index >= 15 is 0 Å². The number of nitrogens with zero attached hydrogens (tertiary/aromatic N) is 2. The number of imidazole rings is 1. The maximum Gasteiger partial charge on any atom is 0.326 e. The maximum absolute atomic E-state index is 11.8. The largest absolute Gasteiger partial charge is 0.465 e. The van der Waals surface area contributed by atoms with Crippen LogP contribution in [-0.4, -0.2) is 28.0 Å². The number of hydrogen-bond acceptors (Lipinski definition) is 4. The van der Waals surface area contributed by atoms with Gasteiger partial charge in [-0.15, -0.1) is 0 Å². The normalized spacial score (nSPS) is 10.6. The van der Waals surface area contributed by atoms with Crippen LogP contribution in [0.4, 0.5) is 0 Å². The molecule has 1 aromatic carbocycles. The fourth-order valence-corrected chi connectivity index (χ4v) is 2.27. The molecular formula is C16H21N3O3. The van der Waals surface area contributed by atoms with Gasteiger partial charge in [0.1, 0.15) is 12.4 Å². The molecule has 0 spiro atoms. The molecule has 0 fully saturated rings. The lowest BCUT2D eigenvalue weighted by Crippen LogP contribution is -2.25. The van der Waals surface area contributed by atoms with E-state index in [0.29, 0.717) is 25.4 Å². The third-order valence-electron chi connectivity index (χ3n) is 3.25. The molecule has 0 aliphatic carbocycles. The highest BCUT2D eigenvalue weighted by Crippen LogP contribution is 2.16. The van der Waals surface area contributed by atoms with E-state index in [0.717, 1.165) is 17.5 Å². The first kappa shape index (κ1) is 16.0. The number of carbonyl (C=O) groups excluding carboxylic acids is 2. The molecule has 0 saturated heterocycles.